The lowest BCUT2D eigenvalue weighted by Crippen LogP contribution is -2.64. The van der Waals surface area contributed by atoms with Gasteiger partial charge in [0.2, 0.25) is 0 Å². The number of aliphatic hydroxyl groups is 6. The first kappa shape index (κ1) is 108. The zero-order valence-corrected chi connectivity index (χ0v) is 65.5. The summed E-state index contributed by atoms with van der Waals surface area (Å²) in [5.74, 6) is -4.30. The van der Waals surface area contributed by atoms with E-state index in [1.165, 1.54) is 96.9 Å². The molecule has 0 radical (unpaired) electrons. The van der Waals surface area contributed by atoms with Gasteiger partial charge in [0, 0.05) is 28.1 Å². The van der Waals surface area contributed by atoms with Crippen LogP contribution in [-0.2, 0) is 57.0 Å². The first-order valence-electron chi connectivity index (χ1n) is 32.9. The zero-order chi connectivity index (χ0) is 87.7. The number of esters is 3. The van der Waals surface area contributed by atoms with Crippen LogP contribution in [0.5, 0.6) is 0 Å². The molecule has 0 rings (SSSR count). The second kappa shape index (κ2) is 36.4. The molecular weight excluding hydrogens is 1520 g/mol. The molecule has 18 nitrogen and oxygen atoms in total. The molecule has 6 N–H and O–H groups in total. The largest absolute Gasteiger partial charge is 0.462 e. The van der Waals surface area contributed by atoms with Crippen molar-refractivity contribution in [2.45, 2.75) is 315 Å². The summed E-state index contributed by atoms with van der Waals surface area (Å²) in [7, 11) is 0. The Labute approximate surface area is 616 Å². The molecule has 0 saturated heterocycles. The van der Waals surface area contributed by atoms with Crippen LogP contribution in [0.2, 0.25) is 0 Å². The molecule has 0 fully saturated rings. The molecule has 0 spiro atoms. The van der Waals surface area contributed by atoms with E-state index in [1.54, 1.807) is 41.5 Å². The Balaban J connectivity index is -0.00000153. The molecule has 0 saturated carbocycles. The van der Waals surface area contributed by atoms with Crippen LogP contribution in [-0.4, -0.2) is 217 Å². The molecule has 642 valence electrons. The number of carbonyl (C=O) groups excluding carboxylic acids is 3. The van der Waals surface area contributed by atoms with Crippen LogP contribution in [0.25, 0.3) is 0 Å². The summed E-state index contributed by atoms with van der Waals surface area (Å²) < 4.78 is 324. The zero-order valence-electron chi connectivity index (χ0n) is 65.5. The lowest BCUT2D eigenvalue weighted by atomic mass is 9.67. The van der Waals surface area contributed by atoms with Crippen molar-refractivity contribution in [3.05, 3.63) is 36.5 Å². The molecule has 0 heterocycles. The third kappa shape index (κ3) is 32.3. The normalized spacial score (nSPS) is 16.3. The fourth-order valence-corrected chi connectivity index (χ4v) is 9.40. The molecule has 108 heavy (non-hydrogen) atoms. The maximum absolute atomic E-state index is 13.2. The quantitative estimate of drug-likeness (QED) is 0.0146. The van der Waals surface area contributed by atoms with E-state index in [4.69, 9.17) is 42.6 Å². The van der Waals surface area contributed by atoms with Crippen molar-refractivity contribution in [2.75, 3.05) is 46.2 Å². The summed E-state index contributed by atoms with van der Waals surface area (Å²) in [6.07, 6.45) is -44.2. The van der Waals surface area contributed by atoms with E-state index in [9.17, 15) is 137 Å². The second-order valence-electron chi connectivity index (χ2n) is 33.2. The van der Waals surface area contributed by atoms with Gasteiger partial charge in [0.15, 0.2) is 5.60 Å². The second-order valence-corrected chi connectivity index (χ2v) is 33.2. The summed E-state index contributed by atoms with van der Waals surface area (Å²) in [5, 5.41) is 58.1. The van der Waals surface area contributed by atoms with Gasteiger partial charge < -0.3 is 73.3 Å². The predicted octanol–water partition coefficient (Wildman–Crippen LogP) is 15.7. The summed E-state index contributed by atoms with van der Waals surface area (Å²) in [5.41, 5.74) is -33.2. The molecule has 5 atom stereocenters. The molecule has 0 aliphatic carbocycles. The Bertz CT molecular complexity index is 2880. The van der Waals surface area contributed by atoms with Gasteiger partial charge in [0.05, 0.1) is 85.5 Å². The van der Waals surface area contributed by atoms with Crippen molar-refractivity contribution < 1.29 is 180 Å². The van der Waals surface area contributed by atoms with Crippen LogP contribution in [0.1, 0.15) is 192 Å². The summed E-state index contributed by atoms with van der Waals surface area (Å²) in [4.78, 5) is 36.2. The highest BCUT2D eigenvalue weighted by Crippen LogP contribution is 2.51. The lowest BCUT2D eigenvalue weighted by molar-refractivity contribution is -0.385. The highest BCUT2D eigenvalue weighted by Gasteiger charge is 2.74. The molecule has 0 bridgehead atoms. The molecule has 0 aromatic rings. The Morgan fingerprint density at radius 1 is 0.343 bits per heavy atom. The Morgan fingerprint density at radius 3 is 0.944 bits per heavy atom. The smallest absolute Gasteiger partial charge is 0.428 e. The highest BCUT2D eigenvalue weighted by atomic mass is 19.4. The molecule has 0 aromatic heterocycles. The number of ether oxygens (including phenoxy) is 9. The van der Waals surface area contributed by atoms with Crippen molar-refractivity contribution >= 4 is 17.9 Å². The van der Waals surface area contributed by atoms with Gasteiger partial charge in [-0.3, -0.25) is 0 Å². The predicted molar refractivity (Wildman–Crippen MR) is 350 cm³/mol. The van der Waals surface area contributed by atoms with Crippen LogP contribution in [0, 0.1) is 22.7 Å². The molecule has 0 aromatic carbocycles. The van der Waals surface area contributed by atoms with Gasteiger partial charge >= 0.3 is 61.1 Å². The van der Waals surface area contributed by atoms with Gasteiger partial charge in [-0.25, -0.2) is 14.4 Å². The van der Waals surface area contributed by atoms with Gasteiger partial charge in [0.25, 0.3) is 16.8 Å². The van der Waals surface area contributed by atoms with Crippen molar-refractivity contribution in [2.24, 2.45) is 22.7 Å². The van der Waals surface area contributed by atoms with Gasteiger partial charge in [-0.15, -0.1) is 0 Å². The minimum absolute atomic E-state index is 0.0328. The number of hydrogen-bond donors (Lipinski definition) is 6. The average molecular weight is 1630 g/mol. The Hall–Kier alpha value is -4.32. The summed E-state index contributed by atoms with van der Waals surface area (Å²) in [6, 6.07) is 0. The third-order valence-electron chi connectivity index (χ3n) is 17.4. The summed E-state index contributed by atoms with van der Waals surface area (Å²) in [6.45, 7) is 35.7. The van der Waals surface area contributed by atoms with Gasteiger partial charge in [-0.1, -0.05) is 47.4 Å². The van der Waals surface area contributed by atoms with E-state index in [1.807, 2.05) is 0 Å². The van der Waals surface area contributed by atoms with E-state index in [2.05, 4.69) is 19.7 Å². The van der Waals surface area contributed by atoms with E-state index in [0.717, 1.165) is 27.7 Å². The van der Waals surface area contributed by atoms with Gasteiger partial charge in [-0.05, 0) is 176 Å². The first-order valence-corrected chi connectivity index (χ1v) is 32.9. The standard InChI is InChI=1S/C25H42F6O6.C22H33F9O6.C22H36F6O6/c1-16(2)18(32)35-13-19(3,4)11-17(12-21(7,8)36-14-20(5,6)33)22(9,10)37-15-23(34,24(26,27)28)25(29,30)31;1-12(2)13(32)37-14(16(5,6)35-10-18(9,33)20(23,24)25)15(3,4)17(7,8)36-11-19(34,21(26,27)28)22(29,30)31;1-13(2)16(29)34-14(3)15(10-18(6,7)32-11-17(4,5)30)19(8,9)33-12-20(31,21(23,24)25)22(26,27)28/h17,33-34H,1,11-15H2,2-10H3;14,33-34H,1,10-11H2,2-9H3;14-15,30-31H,1,10-12H2,2-9H3. The van der Waals surface area contributed by atoms with Gasteiger partial charge in [-0.2, -0.15) is 92.2 Å². The van der Waals surface area contributed by atoms with Crippen LogP contribution in [0.3, 0.4) is 0 Å². The fraction of sp³-hybridized carbons (Fsp3) is 0.870. The van der Waals surface area contributed by atoms with Crippen LogP contribution in [0.4, 0.5) is 92.2 Å². The molecule has 0 amide bonds. The lowest BCUT2D eigenvalue weighted by Gasteiger charge is -2.51. The molecule has 0 aliphatic heterocycles. The Morgan fingerprint density at radius 2 is 0.639 bits per heavy atom. The number of alkyl halides is 21. The maximum atomic E-state index is 13.2. The minimum atomic E-state index is -6.18. The van der Waals surface area contributed by atoms with E-state index >= 15 is 0 Å². The number of hydrogen-bond acceptors (Lipinski definition) is 18. The van der Waals surface area contributed by atoms with Crippen molar-refractivity contribution in [1.82, 2.24) is 0 Å². The molecule has 39 heteroatoms. The summed E-state index contributed by atoms with van der Waals surface area (Å²) >= 11 is 0. The number of carbonyl (C=O) groups is 3. The topological polar surface area (TPSA) is 256 Å². The van der Waals surface area contributed by atoms with E-state index < -0.39 is 190 Å². The van der Waals surface area contributed by atoms with E-state index in [0.29, 0.717) is 6.92 Å². The molecule has 0 aliphatic rings. The fourth-order valence-electron chi connectivity index (χ4n) is 9.40. The average Bonchev–Trinajstić information content (AvgIpc) is 0.760. The Kier molecular flexibility index (Phi) is 36.4. The maximum Gasteiger partial charge on any atom is 0.428 e. The van der Waals surface area contributed by atoms with Crippen molar-refractivity contribution in [3.63, 3.8) is 0 Å². The van der Waals surface area contributed by atoms with E-state index in [-0.39, 0.29) is 55.8 Å². The van der Waals surface area contributed by atoms with Crippen LogP contribution in [0.15, 0.2) is 36.5 Å². The SMILES string of the molecule is C=C(C)C(=O)OC(C(C)(C)OCC(C)(O)C(F)(F)F)C(C)(C)C(C)(C)OCC(O)(C(F)(F)F)C(F)(F)F.C=C(C)C(=O)OC(C)C(CC(C)(C)OCC(C)(C)O)C(C)(C)OCC(O)(C(F)(F)F)C(F)(F)F.C=C(C)C(=O)OCC(C)(C)CC(CC(C)(C)OCC(C)(C)O)C(C)(C)OCC(O)(C(F)(F)F)C(F)(F)F. The van der Waals surface area contributed by atoms with Gasteiger partial charge in [0.1, 0.15) is 17.8 Å². The number of rotatable bonds is 37. The number of halogens is 21. The highest BCUT2D eigenvalue weighted by molar-refractivity contribution is 5.88. The van der Waals surface area contributed by atoms with Crippen molar-refractivity contribution in [1.29, 1.82) is 0 Å². The third-order valence-corrected chi connectivity index (χ3v) is 17.4. The monoisotopic (exact) mass is 1630 g/mol. The van der Waals surface area contributed by atoms with Crippen molar-refractivity contribution in [3.8, 4) is 0 Å². The molecule has 5 unspecified atom stereocenters. The minimum Gasteiger partial charge on any atom is -0.462 e. The van der Waals surface area contributed by atoms with Crippen LogP contribution >= 0.6 is 0 Å². The van der Waals surface area contributed by atoms with Crippen LogP contribution < -0.4 is 0 Å². The molecular formula is C69H111F21O18. The first-order chi connectivity index (χ1) is 46.7.